The molecule has 3 nitrogen and oxygen atoms in total. The molecule has 0 radical (unpaired) electrons. The van der Waals surface area contributed by atoms with Crippen molar-refractivity contribution in [2.75, 3.05) is 0 Å². The van der Waals surface area contributed by atoms with E-state index in [0.717, 1.165) is 18.3 Å². The Morgan fingerprint density at radius 3 is 2.44 bits per heavy atom. The molecule has 0 bridgehead atoms. The highest BCUT2D eigenvalue weighted by Gasteiger charge is 2.40. The minimum absolute atomic E-state index is 0.211. The van der Waals surface area contributed by atoms with Crippen LogP contribution in [0.25, 0.3) is 11.4 Å². The Balaban J connectivity index is 2.31. The van der Waals surface area contributed by atoms with Crippen LogP contribution in [0, 0.1) is 5.82 Å². The number of nitrogens with zero attached hydrogens (tertiary/aromatic N) is 1. The second-order valence-electron chi connectivity index (χ2n) is 3.47. The van der Waals surface area contributed by atoms with Gasteiger partial charge in [-0.05, 0) is 24.3 Å². The van der Waals surface area contributed by atoms with E-state index >= 15 is 0 Å². The third-order valence-electron chi connectivity index (χ3n) is 2.19. The van der Waals surface area contributed by atoms with Crippen molar-refractivity contribution in [3.63, 3.8) is 0 Å². The summed E-state index contributed by atoms with van der Waals surface area (Å²) in [6.07, 6.45) is -4.00. The van der Waals surface area contributed by atoms with Gasteiger partial charge in [-0.15, -0.1) is 0 Å². The number of ketones is 1. The molecule has 1 N–H and O–H groups in total. The fourth-order valence-corrected chi connectivity index (χ4v) is 1.36. The number of carbonyl (C=O) groups excluding carboxylic acids is 1. The van der Waals surface area contributed by atoms with Crippen molar-refractivity contribution in [3.05, 3.63) is 42.0 Å². The molecule has 2 rings (SSSR count). The maximum absolute atomic E-state index is 12.6. The van der Waals surface area contributed by atoms with Crippen LogP contribution in [-0.2, 0) is 0 Å². The Hall–Kier alpha value is -2.18. The minimum atomic E-state index is -4.93. The molecule has 2 heterocycles. The molecular weight excluding hydrogens is 252 g/mol. The molecule has 0 aliphatic carbocycles. The van der Waals surface area contributed by atoms with Gasteiger partial charge in [0.05, 0.1) is 23.3 Å². The molecule has 2 aromatic heterocycles. The second kappa shape index (κ2) is 4.25. The monoisotopic (exact) mass is 258 g/mol. The van der Waals surface area contributed by atoms with Gasteiger partial charge in [0.1, 0.15) is 5.82 Å². The number of Topliss-reactive ketones (excluding diaryl/α,β-unsaturated/α-hetero) is 1. The number of pyridine rings is 1. The Bertz CT molecular complexity index is 571. The van der Waals surface area contributed by atoms with E-state index in [1.807, 2.05) is 0 Å². The summed E-state index contributed by atoms with van der Waals surface area (Å²) >= 11 is 0. The summed E-state index contributed by atoms with van der Waals surface area (Å²) in [6.45, 7) is 0. The third kappa shape index (κ3) is 2.39. The number of hydrogen-bond acceptors (Lipinski definition) is 2. The van der Waals surface area contributed by atoms with Crippen LogP contribution in [0.5, 0.6) is 0 Å². The highest BCUT2D eigenvalue weighted by atomic mass is 19.4. The number of carbonyl (C=O) groups is 1. The predicted molar refractivity (Wildman–Crippen MR) is 54.4 cm³/mol. The van der Waals surface area contributed by atoms with E-state index in [-0.39, 0.29) is 11.4 Å². The molecule has 0 aliphatic heterocycles. The molecule has 94 valence electrons. The van der Waals surface area contributed by atoms with E-state index in [1.54, 1.807) is 0 Å². The fraction of sp³-hybridized carbons (Fsp3) is 0.0909. The average Bonchev–Trinajstić information content (AvgIpc) is 2.77. The highest BCUT2D eigenvalue weighted by molar-refractivity contribution is 5.99. The Labute approximate surface area is 98.5 Å². The number of aromatic nitrogens is 2. The van der Waals surface area contributed by atoms with Crippen LogP contribution in [0.3, 0.4) is 0 Å². The quantitative estimate of drug-likeness (QED) is 0.664. The van der Waals surface area contributed by atoms with Crippen LogP contribution >= 0.6 is 0 Å². The summed E-state index contributed by atoms with van der Waals surface area (Å²) in [5.74, 6) is -2.52. The molecule has 0 unspecified atom stereocenters. The first kappa shape index (κ1) is 12.3. The van der Waals surface area contributed by atoms with E-state index in [0.29, 0.717) is 0 Å². The lowest BCUT2D eigenvalue weighted by Gasteiger charge is -2.02. The number of nitrogens with one attached hydrogen (secondary N) is 1. The summed E-state index contributed by atoms with van der Waals surface area (Å²) in [5, 5.41) is 0. The lowest BCUT2D eigenvalue weighted by Crippen LogP contribution is -2.22. The van der Waals surface area contributed by atoms with Gasteiger partial charge in [-0.2, -0.15) is 13.2 Å². The Kier molecular flexibility index (Phi) is 2.90. The summed E-state index contributed by atoms with van der Waals surface area (Å²) < 4.78 is 49.1. The van der Waals surface area contributed by atoms with Crippen molar-refractivity contribution >= 4 is 5.78 Å². The minimum Gasteiger partial charge on any atom is -0.351 e. The molecule has 2 aromatic rings. The van der Waals surface area contributed by atoms with Crippen molar-refractivity contribution in [3.8, 4) is 11.4 Å². The van der Waals surface area contributed by atoms with E-state index in [4.69, 9.17) is 0 Å². The van der Waals surface area contributed by atoms with Crippen LogP contribution in [0.2, 0.25) is 0 Å². The standard InChI is InChI=1S/C11H6F4N2O/c12-6-1-2-7(16-5-6)8-3-4-9(17-8)10(18)11(13,14)15/h1-5,17H. The topological polar surface area (TPSA) is 45.8 Å². The molecule has 0 aliphatic rings. The molecule has 0 saturated heterocycles. The van der Waals surface area contributed by atoms with Crippen LogP contribution < -0.4 is 0 Å². The van der Waals surface area contributed by atoms with Crippen molar-refractivity contribution < 1.29 is 22.4 Å². The Morgan fingerprint density at radius 1 is 1.17 bits per heavy atom. The van der Waals surface area contributed by atoms with Gasteiger partial charge in [0, 0.05) is 0 Å². The van der Waals surface area contributed by atoms with Gasteiger partial charge in [-0.25, -0.2) is 4.39 Å². The molecule has 0 saturated carbocycles. The predicted octanol–water partition coefficient (Wildman–Crippen LogP) is 2.96. The largest absolute Gasteiger partial charge is 0.456 e. The van der Waals surface area contributed by atoms with E-state index in [9.17, 15) is 22.4 Å². The van der Waals surface area contributed by atoms with Crippen LogP contribution in [-0.4, -0.2) is 21.9 Å². The molecule has 0 aromatic carbocycles. The summed E-state index contributed by atoms with van der Waals surface area (Å²) in [5.41, 5.74) is -0.121. The van der Waals surface area contributed by atoms with Crippen LogP contribution in [0.15, 0.2) is 30.5 Å². The number of rotatable bonds is 2. The van der Waals surface area contributed by atoms with Crippen molar-refractivity contribution in [2.45, 2.75) is 6.18 Å². The van der Waals surface area contributed by atoms with Gasteiger partial charge >= 0.3 is 6.18 Å². The number of halogens is 4. The van der Waals surface area contributed by atoms with Gasteiger partial charge in [0.15, 0.2) is 0 Å². The average molecular weight is 258 g/mol. The van der Waals surface area contributed by atoms with Crippen molar-refractivity contribution in [2.24, 2.45) is 0 Å². The first-order valence-electron chi connectivity index (χ1n) is 4.80. The number of hydrogen-bond donors (Lipinski definition) is 1. The third-order valence-corrected chi connectivity index (χ3v) is 2.19. The first-order valence-corrected chi connectivity index (χ1v) is 4.80. The zero-order valence-corrected chi connectivity index (χ0v) is 8.75. The first-order chi connectivity index (χ1) is 8.38. The smallest absolute Gasteiger partial charge is 0.351 e. The van der Waals surface area contributed by atoms with Crippen molar-refractivity contribution in [1.82, 2.24) is 9.97 Å². The molecule has 18 heavy (non-hydrogen) atoms. The van der Waals surface area contributed by atoms with Crippen LogP contribution in [0.1, 0.15) is 10.5 Å². The molecular formula is C11H6F4N2O. The summed E-state index contributed by atoms with van der Waals surface area (Å²) in [6, 6.07) is 4.70. The number of alkyl halides is 3. The summed E-state index contributed by atoms with van der Waals surface area (Å²) in [7, 11) is 0. The van der Waals surface area contributed by atoms with Gasteiger partial charge in [0.2, 0.25) is 0 Å². The SMILES string of the molecule is O=C(c1ccc(-c2ccc(F)cn2)[nH]1)C(F)(F)F. The molecule has 0 atom stereocenters. The van der Waals surface area contributed by atoms with E-state index in [1.165, 1.54) is 12.1 Å². The Morgan fingerprint density at radius 2 is 1.89 bits per heavy atom. The fourth-order valence-electron chi connectivity index (χ4n) is 1.36. The van der Waals surface area contributed by atoms with Gasteiger partial charge in [-0.1, -0.05) is 0 Å². The van der Waals surface area contributed by atoms with Crippen LogP contribution in [0.4, 0.5) is 17.6 Å². The number of aromatic amines is 1. The maximum atomic E-state index is 12.6. The summed E-state index contributed by atoms with van der Waals surface area (Å²) in [4.78, 5) is 16.9. The molecule has 0 amide bonds. The molecule has 0 spiro atoms. The normalized spacial score (nSPS) is 11.6. The van der Waals surface area contributed by atoms with Gasteiger partial charge in [-0.3, -0.25) is 9.78 Å². The van der Waals surface area contributed by atoms with Gasteiger partial charge < -0.3 is 4.98 Å². The zero-order valence-electron chi connectivity index (χ0n) is 8.75. The zero-order chi connectivity index (χ0) is 13.3. The lowest BCUT2D eigenvalue weighted by atomic mass is 10.3. The van der Waals surface area contributed by atoms with Gasteiger partial charge in [0.25, 0.3) is 5.78 Å². The van der Waals surface area contributed by atoms with E-state index < -0.39 is 23.5 Å². The second-order valence-corrected chi connectivity index (χ2v) is 3.47. The molecule has 7 heteroatoms. The molecule has 0 fully saturated rings. The highest BCUT2D eigenvalue weighted by Crippen LogP contribution is 2.23. The lowest BCUT2D eigenvalue weighted by molar-refractivity contribution is -0.0887. The van der Waals surface area contributed by atoms with E-state index in [2.05, 4.69) is 9.97 Å². The maximum Gasteiger partial charge on any atom is 0.456 e. The van der Waals surface area contributed by atoms with Crippen molar-refractivity contribution in [1.29, 1.82) is 0 Å². The number of H-pyrrole nitrogens is 1.